The van der Waals surface area contributed by atoms with Crippen molar-refractivity contribution in [1.82, 2.24) is 45.2 Å². The number of aromatic nitrogens is 3. The Balaban J connectivity index is 1.52. The van der Waals surface area contributed by atoms with Gasteiger partial charge in [0.05, 0.1) is 26.2 Å². The maximum absolute atomic E-state index is 12.5. The number of rotatable bonds is 34. The van der Waals surface area contributed by atoms with E-state index in [1.165, 1.54) is 0 Å². The maximum Gasteiger partial charge on any atom is 0.326 e. The average Bonchev–Trinajstić information content (AvgIpc) is 3.33. The van der Waals surface area contributed by atoms with Gasteiger partial charge in [0.1, 0.15) is 23.7 Å². The van der Waals surface area contributed by atoms with Gasteiger partial charge in [0.2, 0.25) is 11.9 Å². The Bertz CT molecular complexity index is 2240. The molecule has 0 radical (unpaired) electrons. The zero-order valence-electron chi connectivity index (χ0n) is 43.3. The summed E-state index contributed by atoms with van der Waals surface area (Å²) in [5.74, 6) is -7.23. The van der Waals surface area contributed by atoms with Crippen LogP contribution in [-0.2, 0) is 51.2 Å². The first-order valence-corrected chi connectivity index (χ1v) is 25.3. The Morgan fingerprint density at radius 2 is 1.05 bits per heavy atom. The van der Waals surface area contributed by atoms with Crippen molar-refractivity contribution in [2.24, 2.45) is 0 Å². The van der Waals surface area contributed by atoms with Crippen LogP contribution < -0.4 is 20.9 Å². The van der Waals surface area contributed by atoms with E-state index in [0.29, 0.717) is 43.5 Å². The zero-order valence-corrected chi connectivity index (χ0v) is 43.3. The van der Waals surface area contributed by atoms with Gasteiger partial charge in [-0.3, -0.25) is 48.4 Å². The zero-order chi connectivity index (χ0) is 56.2. The lowest BCUT2D eigenvalue weighted by Crippen LogP contribution is -2.53. The van der Waals surface area contributed by atoms with Gasteiger partial charge >= 0.3 is 47.8 Å². The van der Waals surface area contributed by atoms with Gasteiger partial charge in [-0.15, -0.1) is 0 Å². The standard InChI is InChI=1S/C49H75N11O16/c1-56(2)48-54-39(53-47(55-48)50-19-9-7-5-3-4-6-8-10-36(61)15-16-37(45(72)73)51-49(76)52-38(46(74)75)17-18-40(62)63)27-34-13-11-33(12-14-34)26-35-28-59(31-43(68)69)23-22-57(29-41(64)65)20-21-58(30-42(66)67)24-25-60(35)32-44(70)71/h11-14,35,37-38H,3-10,15-32H2,1-2H3,(H,62,63)(H,64,65)(H,66,67)(H,68,69)(H,70,71)(H,72,73)(H,74,75)(H2,51,52,76)(H,50,53,54,55)/t35?,37-,38-/m0/s1. The number of hydrogen-bond acceptors (Lipinski definition) is 18. The van der Waals surface area contributed by atoms with Crippen LogP contribution >= 0.6 is 0 Å². The fourth-order valence-electron chi connectivity index (χ4n) is 8.47. The fourth-order valence-corrected chi connectivity index (χ4v) is 8.47. The molecular weight excluding hydrogens is 999 g/mol. The molecule has 1 aliphatic rings. The lowest BCUT2D eigenvalue weighted by Gasteiger charge is -2.37. The fraction of sp³-hybridized carbons (Fsp3) is 0.633. The molecule has 27 nitrogen and oxygen atoms in total. The average molecular weight is 1070 g/mol. The Morgan fingerprint density at radius 3 is 1.58 bits per heavy atom. The van der Waals surface area contributed by atoms with Gasteiger partial charge in [-0.05, 0) is 43.2 Å². The number of carbonyl (C=O) groups is 9. The summed E-state index contributed by atoms with van der Waals surface area (Å²) in [5.41, 5.74) is 1.73. The molecule has 422 valence electrons. The molecule has 1 saturated heterocycles. The van der Waals surface area contributed by atoms with Gasteiger partial charge in [-0.25, -0.2) is 14.4 Å². The monoisotopic (exact) mass is 1070 g/mol. The van der Waals surface area contributed by atoms with Crippen LogP contribution in [0.1, 0.15) is 94.0 Å². The third kappa shape index (κ3) is 26.4. The van der Waals surface area contributed by atoms with Crippen molar-refractivity contribution in [3.8, 4) is 0 Å². The molecule has 1 aliphatic heterocycles. The number of carbonyl (C=O) groups excluding carboxylic acids is 2. The highest BCUT2D eigenvalue weighted by molar-refractivity contribution is 5.87. The van der Waals surface area contributed by atoms with E-state index >= 15 is 0 Å². The third-order valence-electron chi connectivity index (χ3n) is 12.5. The van der Waals surface area contributed by atoms with E-state index in [1.54, 1.807) is 24.5 Å². The number of urea groups is 1. The molecule has 0 bridgehead atoms. The van der Waals surface area contributed by atoms with Crippen LogP contribution in [0.4, 0.5) is 16.7 Å². The van der Waals surface area contributed by atoms with Crippen LogP contribution in [-0.4, -0.2) is 235 Å². The van der Waals surface area contributed by atoms with Crippen molar-refractivity contribution < 1.29 is 78.9 Å². The summed E-state index contributed by atoms with van der Waals surface area (Å²) in [5, 5.41) is 73.9. The molecule has 1 aromatic carbocycles. The maximum atomic E-state index is 12.5. The van der Waals surface area contributed by atoms with Crippen LogP contribution in [0.2, 0.25) is 0 Å². The number of carboxylic acid groups (broad SMARTS) is 7. The quantitative estimate of drug-likeness (QED) is 0.0436. The third-order valence-corrected chi connectivity index (χ3v) is 12.5. The van der Waals surface area contributed by atoms with Crippen molar-refractivity contribution in [3.05, 3.63) is 41.2 Å². The Hall–Kier alpha value is -7.10. The van der Waals surface area contributed by atoms with E-state index in [-0.39, 0.29) is 97.0 Å². The van der Waals surface area contributed by atoms with Crippen molar-refractivity contribution >= 4 is 65.5 Å². The molecule has 3 atom stereocenters. The second-order valence-corrected chi connectivity index (χ2v) is 19.0. The van der Waals surface area contributed by atoms with Crippen molar-refractivity contribution in [1.29, 1.82) is 0 Å². The molecule has 1 fully saturated rings. The first-order chi connectivity index (χ1) is 36.1. The van der Waals surface area contributed by atoms with Gasteiger partial charge in [0.25, 0.3) is 0 Å². The minimum atomic E-state index is -1.53. The molecule has 2 aromatic rings. The van der Waals surface area contributed by atoms with E-state index in [0.717, 1.165) is 49.7 Å². The highest BCUT2D eigenvalue weighted by Gasteiger charge is 2.29. The molecule has 1 unspecified atom stereocenters. The van der Waals surface area contributed by atoms with Crippen LogP contribution in [0.15, 0.2) is 24.3 Å². The highest BCUT2D eigenvalue weighted by atomic mass is 16.4. The Labute approximate surface area is 440 Å². The number of benzene rings is 1. The van der Waals surface area contributed by atoms with Gasteiger partial charge in [-0.1, -0.05) is 56.4 Å². The van der Waals surface area contributed by atoms with Crippen LogP contribution in [0.3, 0.4) is 0 Å². The first-order valence-electron chi connectivity index (χ1n) is 25.3. The van der Waals surface area contributed by atoms with Crippen LogP contribution in [0.5, 0.6) is 0 Å². The number of unbranched alkanes of at least 4 members (excludes halogenated alkanes) is 6. The summed E-state index contributed by atoms with van der Waals surface area (Å²) in [4.78, 5) is 128. The lowest BCUT2D eigenvalue weighted by molar-refractivity contribution is -0.142. The second kappa shape index (κ2) is 33.7. The van der Waals surface area contributed by atoms with Crippen molar-refractivity contribution in [2.45, 2.75) is 108 Å². The Morgan fingerprint density at radius 1 is 0.566 bits per heavy atom. The molecule has 0 aliphatic carbocycles. The lowest BCUT2D eigenvalue weighted by atomic mass is 10.0. The van der Waals surface area contributed by atoms with Gasteiger partial charge in [-0.2, -0.15) is 15.0 Å². The molecule has 0 saturated carbocycles. The molecular formula is C49H75N11O16. The second-order valence-electron chi connectivity index (χ2n) is 19.0. The molecule has 10 N–H and O–H groups in total. The summed E-state index contributed by atoms with van der Waals surface area (Å²) in [6.45, 7) is 0.549. The highest BCUT2D eigenvalue weighted by Crippen LogP contribution is 2.18. The first kappa shape index (κ1) is 63.2. The summed E-state index contributed by atoms with van der Waals surface area (Å²) < 4.78 is 0. The number of aliphatic carboxylic acids is 7. The minimum absolute atomic E-state index is 0.0995. The number of carboxylic acids is 7. The molecule has 76 heavy (non-hydrogen) atoms. The van der Waals surface area contributed by atoms with E-state index in [4.69, 9.17) is 5.11 Å². The number of amides is 2. The normalized spacial score (nSPS) is 16.0. The van der Waals surface area contributed by atoms with Crippen LogP contribution in [0.25, 0.3) is 0 Å². The minimum Gasteiger partial charge on any atom is -0.481 e. The molecule has 2 amide bonds. The SMILES string of the molecule is CN(C)c1nc(Cc2ccc(CC3CN(CC(=O)O)CCN(CC(=O)O)CCN(CC(=O)O)CCN3CC(=O)O)cc2)nc(NCCCCCCCCCC(=O)CC[C@H](NC(=O)N[C@@H](CCC(=O)O)C(=O)O)C(=O)O)n1. The predicted molar refractivity (Wildman–Crippen MR) is 273 cm³/mol. The van der Waals surface area contributed by atoms with Crippen molar-refractivity contribution in [3.63, 3.8) is 0 Å². The Kier molecular flexibility index (Phi) is 28.1. The van der Waals surface area contributed by atoms with Gasteiger partial charge in [0, 0.05) is 98.2 Å². The summed E-state index contributed by atoms with van der Waals surface area (Å²) in [6.07, 6.45) is 5.75. The van der Waals surface area contributed by atoms with Gasteiger partial charge < -0.3 is 56.6 Å². The number of Topliss-reactive ketones (excluding diaryl/α,β-unsaturated/α-hetero) is 1. The smallest absolute Gasteiger partial charge is 0.326 e. The van der Waals surface area contributed by atoms with E-state index in [9.17, 15) is 73.8 Å². The summed E-state index contributed by atoms with van der Waals surface area (Å²) in [7, 11) is 3.65. The predicted octanol–water partition coefficient (Wildman–Crippen LogP) is 0.952. The molecule has 3 rings (SSSR count). The number of nitrogens with one attached hydrogen (secondary N) is 3. The summed E-state index contributed by atoms with van der Waals surface area (Å²) in [6, 6.07) is 3.08. The number of anilines is 2. The number of ketones is 1. The van der Waals surface area contributed by atoms with E-state index < -0.39 is 78.8 Å². The molecule has 2 heterocycles. The largest absolute Gasteiger partial charge is 0.481 e. The topological polar surface area (TPSA) is 386 Å². The van der Waals surface area contributed by atoms with Crippen LogP contribution in [0, 0.1) is 0 Å². The van der Waals surface area contributed by atoms with E-state index in [1.807, 2.05) is 38.4 Å². The summed E-state index contributed by atoms with van der Waals surface area (Å²) >= 11 is 0. The molecule has 1 aromatic heterocycles. The van der Waals surface area contributed by atoms with Gasteiger partial charge in [0.15, 0.2) is 0 Å². The molecule has 0 spiro atoms. The molecule has 27 heteroatoms. The van der Waals surface area contributed by atoms with E-state index in [2.05, 4.69) is 30.9 Å². The number of nitrogens with zero attached hydrogens (tertiary/aromatic N) is 8. The number of hydrogen-bond donors (Lipinski definition) is 10. The van der Waals surface area contributed by atoms with Crippen molar-refractivity contribution in [2.75, 3.05) is 103 Å².